The molecule has 0 aliphatic rings. The highest BCUT2D eigenvalue weighted by molar-refractivity contribution is 5.95. The molecule has 0 aromatic heterocycles. The van der Waals surface area contributed by atoms with E-state index in [-0.39, 0.29) is 11.5 Å². The molecule has 0 saturated carbocycles. The molecule has 2 aromatic rings. The highest BCUT2D eigenvalue weighted by Crippen LogP contribution is 2.14. The molecule has 18 heavy (non-hydrogen) atoms. The largest absolute Gasteiger partial charge is 0.508 e. The number of benzene rings is 2. The molecule has 2 nitrogen and oxygen atoms in total. The van der Waals surface area contributed by atoms with Crippen LogP contribution in [0.4, 0.5) is 0 Å². The van der Waals surface area contributed by atoms with Crippen LogP contribution in [0.3, 0.4) is 0 Å². The van der Waals surface area contributed by atoms with Gasteiger partial charge in [0.15, 0.2) is 5.78 Å². The van der Waals surface area contributed by atoms with Crippen LogP contribution in [0.5, 0.6) is 5.75 Å². The van der Waals surface area contributed by atoms with E-state index in [4.69, 9.17) is 0 Å². The van der Waals surface area contributed by atoms with Gasteiger partial charge in [0.05, 0.1) is 0 Å². The highest BCUT2D eigenvalue weighted by atomic mass is 16.3. The molecule has 0 radical (unpaired) electrons. The van der Waals surface area contributed by atoms with Crippen molar-refractivity contribution in [3.8, 4) is 5.75 Å². The van der Waals surface area contributed by atoms with Gasteiger partial charge < -0.3 is 5.11 Å². The van der Waals surface area contributed by atoms with Crippen LogP contribution in [-0.2, 0) is 6.42 Å². The summed E-state index contributed by atoms with van der Waals surface area (Å²) in [7, 11) is 0. The fourth-order valence-corrected chi connectivity index (χ4v) is 1.93. The Labute approximate surface area is 107 Å². The molecular weight excluding hydrogens is 224 g/mol. The molecule has 0 aliphatic heterocycles. The Kier molecular flexibility index (Phi) is 4.13. The number of aryl methyl sites for hydroxylation is 1. The zero-order chi connectivity index (χ0) is 12.8. The molecule has 92 valence electrons. The smallest absolute Gasteiger partial charge is 0.162 e. The molecule has 0 saturated heterocycles. The van der Waals surface area contributed by atoms with E-state index in [1.807, 2.05) is 42.5 Å². The fourth-order valence-electron chi connectivity index (χ4n) is 1.93. The number of phenols is 1. The molecule has 0 aliphatic carbocycles. The second-order valence-corrected chi connectivity index (χ2v) is 4.31. The molecule has 2 aromatic carbocycles. The number of carbonyl (C=O) groups excluding carboxylic acids is 1. The summed E-state index contributed by atoms with van der Waals surface area (Å²) in [6.07, 6.45) is 2.16. The Morgan fingerprint density at radius 2 is 1.78 bits per heavy atom. The molecule has 0 heterocycles. The molecule has 0 atom stereocenters. The summed E-state index contributed by atoms with van der Waals surface area (Å²) in [5.74, 6) is 0.456. The second kappa shape index (κ2) is 6.01. The van der Waals surface area contributed by atoms with Crippen molar-refractivity contribution in [2.75, 3.05) is 0 Å². The summed E-state index contributed by atoms with van der Waals surface area (Å²) < 4.78 is 0. The van der Waals surface area contributed by atoms with E-state index in [2.05, 4.69) is 0 Å². The number of ketones is 1. The lowest BCUT2D eigenvalue weighted by molar-refractivity contribution is 0.0980. The summed E-state index contributed by atoms with van der Waals surface area (Å²) in [5, 5.41) is 9.33. The highest BCUT2D eigenvalue weighted by Gasteiger charge is 2.04. The van der Waals surface area contributed by atoms with Gasteiger partial charge in [0, 0.05) is 12.0 Å². The molecule has 2 heteroatoms. The van der Waals surface area contributed by atoms with E-state index in [1.54, 1.807) is 12.1 Å². The maximum Gasteiger partial charge on any atom is 0.162 e. The zero-order valence-electron chi connectivity index (χ0n) is 10.2. The Hall–Kier alpha value is -2.09. The molecule has 1 N–H and O–H groups in total. The van der Waals surface area contributed by atoms with Crippen LogP contribution in [0.15, 0.2) is 54.6 Å². The summed E-state index contributed by atoms with van der Waals surface area (Å²) >= 11 is 0. The van der Waals surface area contributed by atoms with Gasteiger partial charge in [-0.2, -0.15) is 0 Å². The maximum absolute atomic E-state index is 11.9. The first-order valence-electron chi connectivity index (χ1n) is 6.12. The van der Waals surface area contributed by atoms with Crippen molar-refractivity contribution in [3.63, 3.8) is 0 Å². The molecule has 0 unspecified atom stereocenters. The number of carbonyl (C=O) groups is 1. The van der Waals surface area contributed by atoms with E-state index in [0.29, 0.717) is 6.42 Å². The number of aromatic hydroxyl groups is 1. The fraction of sp³-hybridized carbons (Fsp3) is 0.188. The third-order valence-corrected chi connectivity index (χ3v) is 2.88. The van der Waals surface area contributed by atoms with Gasteiger partial charge in [-0.1, -0.05) is 42.5 Å². The van der Waals surface area contributed by atoms with Gasteiger partial charge in [-0.25, -0.2) is 0 Å². The molecule has 2 rings (SSSR count). The molecule has 0 amide bonds. The number of Topliss-reactive ketones (excluding diaryl/α,β-unsaturated/α-hetero) is 1. The van der Waals surface area contributed by atoms with Gasteiger partial charge in [0.25, 0.3) is 0 Å². The third kappa shape index (κ3) is 3.45. The van der Waals surface area contributed by atoms with Gasteiger partial charge >= 0.3 is 0 Å². The van der Waals surface area contributed by atoms with E-state index in [9.17, 15) is 9.90 Å². The van der Waals surface area contributed by atoms with Crippen LogP contribution in [0.1, 0.15) is 28.8 Å². The van der Waals surface area contributed by atoms with Crippen LogP contribution in [0.25, 0.3) is 0 Å². The molecule has 0 fully saturated rings. The Balaban J connectivity index is 1.84. The molecule has 0 spiro atoms. The van der Waals surface area contributed by atoms with Crippen molar-refractivity contribution in [1.82, 2.24) is 0 Å². The predicted octanol–water partition coefficient (Wildman–Crippen LogP) is 3.60. The van der Waals surface area contributed by atoms with Crippen LogP contribution in [0, 0.1) is 0 Å². The quantitative estimate of drug-likeness (QED) is 0.811. The Morgan fingerprint density at radius 1 is 1.00 bits per heavy atom. The Bertz CT molecular complexity index is 518. The van der Waals surface area contributed by atoms with Crippen molar-refractivity contribution in [2.24, 2.45) is 0 Å². The summed E-state index contributed by atoms with van der Waals surface area (Å²) in [6, 6.07) is 16.5. The van der Waals surface area contributed by atoms with E-state index in [0.717, 1.165) is 24.0 Å². The summed E-state index contributed by atoms with van der Waals surface area (Å²) in [6.45, 7) is 0. The molecular formula is C16H16O2. The monoisotopic (exact) mass is 240 g/mol. The number of phenolic OH excluding ortho intramolecular Hbond substituents is 1. The van der Waals surface area contributed by atoms with Crippen molar-refractivity contribution in [2.45, 2.75) is 19.3 Å². The topological polar surface area (TPSA) is 37.3 Å². The standard InChI is InChI=1S/C16H16O2/c17-15-10-4-6-13(12-15)7-5-11-16(18)14-8-2-1-3-9-14/h1-4,6,8-10,12,17H,5,7,11H2. The lowest BCUT2D eigenvalue weighted by atomic mass is 10.0. The van der Waals surface area contributed by atoms with Gasteiger partial charge in [-0.3, -0.25) is 4.79 Å². The maximum atomic E-state index is 11.9. The van der Waals surface area contributed by atoms with Gasteiger partial charge in [0.2, 0.25) is 0 Å². The summed E-state index contributed by atoms with van der Waals surface area (Å²) in [4.78, 5) is 11.9. The van der Waals surface area contributed by atoms with Crippen molar-refractivity contribution < 1.29 is 9.90 Å². The van der Waals surface area contributed by atoms with Crippen molar-refractivity contribution in [3.05, 3.63) is 65.7 Å². The van der Waals surface area contributed by atoms with E-state index in [1.165, 1.54) is 0 Å². The summed E-state index contributed by atoms with van der Waals surface area (Å²) in [5.41, 5.74) is 1.84. The first-order valence-corrected chi connectivity index (χ1v) is 6.12. The minimum absolute atomic E-state index is 0.177. The lowest BCUT2D eigenvalue weighted by Gasteiger charge is -2.02. The third-order valence-electron chi connectivity index (χ3n) is 2.88. The van der Waals surface area contributed by atoms with Crippen LogP contribution in [0.2, 0.25) is 0 Å². The van der Waals surface area contributed by atoms with Crippen LogP contribution < -0.4 is 0 Å². The average molecular weight is 240 g/mol. The number of hydrogen-bond acceptors (Lipinski definition) is 2. The normalized spacial score (nSPS) is 10.2. The van der Waals surface area contributed by atoms with E-state index >= 15 is 0 Å². The predicted molar refractivity (Wildman–Crippen MR) is 71.8 cm³/mol. The van der Waals surface area contributed by atoms with E-state index < -0.39 is 0 Å². The van der Waals surface area contributed by atoms with Crippen molar-refractivity contribution in [1.29, 1.82) is 0 Å². The minimum Gasteiger partial charge on any atom is -0.508 e. The van der Waals surface area contributed by atoms with Gasteiger partial charge in [0.1, 0.15) is 5.75 Å². The van der Waals surface area contributed by atoms with Gasteiger partial charge in [-0.05, 0) is 30.5 Å². The Morgan fingerprint density at radius 3 is 2.50 bits per heavy atom. The van der Waals surface area contributed by atoms with Crippen LogP contribution in [-0.4, -0.2) is 10.9 Å². The second-order valence-electron chi connectivity index (χ2n) is 4.31. The average Bonchev–Trinajstić information content (AvgIpc) is 2.40. The zero-order valence-corrected chi connectivity index (χ0v) is 10.2. The van der Waals surface area contributed by atoms with Crippen LogP contribution >= 0.6 is 0 Å². The van der Waals surface area contributed by atoms with Crippen molar-refractivity contribution >= 4 is 5.78 Å². The lowest BCUT2D eigenvalue weighted by Crippen LogP contribution is -1.99. The first-order chi connectivity index (χ1) is 8.75. The number of hydrogen-bond donors (Lipinski definition) is 1. The SMILES string of the molecule is O=C(CCCc1cccc(O)c1)c1ccccc1. The molecule has 0 bridgehead atoms. The van der Waals surface area contributed by atoms with Gasteiger partial charge in [-0.15, -0.1) is 0 Å². The minimum atomic E-state index is 0.177. The number of rotatable bonds is 5. The first kappa shape index (κ1) is 12.4.